The number of carbonyl (C=O) groups is 1. The van der Waals surface area contributed by atoms with Gasteiger partial charge in [-0.3, -0.25) is 9.89 Å². The van der Waals surface area contributed by atoms with Gasteiger partial charge in [-0.2, -0.15) is 18.3 Å². The summed E-state index contributed by atoms with van der Waals surface area (Å²) in [5.74, 6) is 0.374. The SMILES string of the molecule is COc1ccc(C(=O)Nc2c(-c3cccc(C(F)(F)F)c3)n[nH]c2C)cc1OC. The molecule has 2 aromatic carbocycles. The zero-order valence-electron chi connectivity index (χ0n) is 15.8. The molecule has 1 aromatic heterocycles. The Hall–Kier alpha value is -3.49. The molecule has 0 aliphatic rings. The summed E-state index contributed by atoms with van der Waals surface area (Å²) in [6, 6.07) is 9.40. The number of anilines is 1. The van der Waals surface area contributed by atoms with Crippen molar-refractivity contribution in [3.05, 3.63) is 59.3 Å². The van der Waals surface area contributed by atoms with Gasteiger partial charge < -0.3 is 14.8 Å². The maximum absolute atomic E-state index is 13.0. The van der Waals surface area contributed by atoms with Gasteiger partial charge in [-0.1, -0.05) is 12.1 Å². The average Bonchev–Trinajstić information content (AvgIpc) is 3.07. The second-order valence-electron chi connectivity index (χ2n) is 6.17. The van der Waals surface area contributed by atoms with Crippen molar-refractivity contribution in [3.63, 3.8) is 0 Å². The summed E-state index contributed by atoms with van der Waals surface area (Å²) in [5, 5.41) is 9.48. The maximum atomic E-state index is 13.0. The minimum atomic E-state index is -4.48. The molecule has 0 bridgehead atoms. The molecule has 3 rings (SSSR count). The molecule has 29 heavy (non-hydrogen) atoms. The Balaban J connectivity index is 1.94. The number of aromatic amines is 1. The highest BCUT2D eigenvalue weighted by Gasteiger charge is 2.31. The van der Waals surface area contributed by atoms with Gasteiger partial charge in [-0.05, 0) is 37.3 Å². The first kappa shape index (κ1) is 20.2. The number of methoxy groups -OCH3 is 2. The van der Waals surface area contributed by atoms with Gasteiger partial charge in [-0.25, -0.2) is 0 Å². The molecule has 0 spiro atoms. The van der Waals surface area contributed by atoms with E-state index in [9.17, 15) is 18.0 Å². The number of aryl methyl sites for hydroxylation is 1. The van der Waals surface area contributed by atoms with Crippen LogP contribution in [0.4, 0.5) is 18.9 Å². The number of nitrogens with one attached hydrogen (secondary N) is 2. The third-order valence-corrected chi connectivity index (χ3v) is 4.29. The lowest BCUT2D eigenvalue weighted by molar-refractivity contribution is -0.137. The second kappa shape index (κ2) is 7.86. The number of ether oxygens (including phenoxy) is 2. The molecule has 0 aliphatic carbocycles. The lowest BCUT2D eigenvalue weighted by atomic mass is 10.1. The van der Waals surface area contributed by atoms with E-state index in [2.05, 4.69) is 15.5 Å². The van der Waals surface area contributed by atoms with Crippen LogP contribution in [-0.2, 0) is 6.18 Å². The first-order valence-electron chi connectivity index (χ1n) is 8.50. The molecule has 6 nitrogen and oxygen atoms in total. The van der Waals surface area contributed by atoms with Crippen LogP contribution < -0.4 is 14.8 Å². The topological polar surface area (TPSA) is 76.2 Å². The lowest BCUT2D eigenvalue weighted by Crippen LogP contribution is -2.13. The molecule has 2 N–H and O–H groups in total. The van der Waals surface area contributed by atoms with Gasteiger partial charge in [0.15, 0.2) is 11.5 Å². The molecule has 0 radical (unpaired) electrons. The molecule has 0 fully saturated rings. The first-order valence-corrected chi connectivity index (χ1v) is 8.50. The fourth-order valence-electron chi connectivity index (χ4n) is 2.80. The number of carbonyl (C=O) groups excluding carboxylic acids is 1. The van der Waals surface area contributed by atoms with E-state index in [4.69, 9.17) is 9.47 Å². The van der Waals surface area contributed by atoms with Crippen molar-refractivity contribution in [2.45, 2.75) is 13.1 Å². The number of rotatable bonds is 5. The van der Waals surface area contributed by atoms with Crippen LogP contribution in [0.15, 0.2) is 42.5 Å². The van der Waals surface area contributed by atoms with Gasteiger partial charge in [0.2, 0.25) is 0 Å². The van der Waals surface area contributed by atoms with Crippen LogP contribution in [0, 0.1) is 6.92 Å². The Bertz CT molecular complexity index is 1040. The van der Waals surface area contributed by atoms with Crippen LogP contribution in [0.2, 0.25) is 0 Å². The Kier molecular flexibility index (Phi) is 5.49. The summed E-state index contributed by atoms with van der Waals surface area (Å²) in [7, 11) is 2.93. The summed E-state index contributed by atoms with van der Waals surface area (Å²) >= 11 is 0. The molecule has 0 unspecified atom stereocenters. The molecular weight excluding hydrogens is 387 g/mol. The number of halogens is 3. The van der Waals surface area contributed by atoms with E-state index in [-0.39, 0.29) is 11.3 Å². The highest BCUT2D eigenvalue weighted by Crippen LogP contribution is 2.35. The monoisotopic (exact) mass is 405 g/mol. The molecular formula is C20H18F3N3O3. The van der Waals surface area contributed by atoms with Crippen molar-refractivity contribution in [1.82, 2.24) is 10.2 Å². The van der Waals surface area contributed by atoms with E-state index in [0.29, 0.717) is 28.4 Å². The number of hydrogen-bond donors (Lipinski definition) is 2. The van der Waals surface area contributed by atoms with Crippen molar-refractivity contribution >= 4 is 11.6 Å². The number of hydrogen-bond acceptors (Lipinski definition) is 4. The van der Waals surface area contributed by atoms with Crippen LogP contribution in [0.5, 0.6) is 11.5 Å². The average molecular weight is 405 g/mol. The summed E-state index contributed by atoms with van der Waals surface area (Å²) < 4.78 is 49.4. The summed E-state index contributed by atoms with van der Waals surface area (Å²) in [6.07, 6.45) is -4.48. The Labute approximate surface area is 164 Å². The smallest absolute Gasteiger partial charge is 0.416 e. The molecule has 0 atom stereocenters. The van der Waals surface area contributed by atoms with Crippen LogP contribution in [0.25, 0.3) is 11.3 Å². The predicted octanol–water partition coefficient (Wildman–Crippen LogP) is 4.67. The van der Waals surface area contributed by atoms with Gasteiger partial charge in [0, 0.05) is 11.1 Å². The Morgan fingerprint density at radius 3 is 2.45 bits per heavy atom. The van der Waals surface area contributed by atoms with Crippen LogP contribution in [0.1, 0.15) is 21.6 Å². The summed E-state index contributed by atoms with van der Waals surface area (Å²) in [6.45, 7) is 1.66. The largest absolute Gasteiger partial charge is 0.493 e. The van der Waals surface area contributed by atoms with Gasteiger partial charge in [0.1, 0.15) is 5.69 Å². The van der Waals surface area contributed by atoms with E-state index in [1.54, 1.807) is 19.1 Å². The number of H-pyrrole nitrogens is 1. The van der Waals surface area contributed by atoms with Gasteiger partial charge in [0.05, 0.1) is 31.2 Å². The minimum absolute atomic E-state index is 0.211. The molecule has 0 aliphatic heterocycles. The fourth-order valence-corrected chi connectivity index (χ4v) is 2.80. The molecule has 1 heterocycles. The second-order valence-corrected chi connectivity index (χ2v) is 6.17. The molecule has 3 aromatic rings. The zero-order valence-corrected chi connectivity index (χ0v) is 15.8. The lowest BCUT2D eigenvalue weighted by Gasteiger charge is -2.11. The quantitative estimate of drug-likeness (QED) is 0.647. The van der Waals surface area contributed by atoms with Crippen LogP contribution >= 0.6 is 0 Å². The van der Waals surface area contributed by atoms with Gasteiger partial charge in [-0.15, -0.1) is 0 Å². The standard InChI is InChI=1S/C20H18F3N3O3/c1-11-17(24-19(27)13-7-8-15(28-2)16(10-13)29-3)18(26-25-11)12-5-4-6-14(9-12)20(21,22)23/h4-10H,1-3H3,(H,24,27)(H,25,26). The fraction of sp³-hybridized carbons (Fsp3) is 0.200. The number of aromatic nitrogens is 2. The van der Waals surface area contributed by atoms with Crippen molar-refractivity contribution in [3.8, 4) is 22.8 Å². The third-order valence-electron chi connectivity index (χ3n) is 4.29. The first-order chi connectivity index (χ1) is 13.7. The van der Waals surface area contributed by atoms with Crippen molar-refractivity contribution in [1.29, 1.82) is 0 Å². The van der Waals surface area contributed by atoms with Crippen molar-refractivity contribution < 1.29 is 27.4 Å². The van der Waals surface area contributed by atoms with E-state index in [0.717, 1.165) is 12.1 Å². The molecule has 9 heteroatoms. The number of alkyl halides is 3. The van der Waals surface area contributed by atoms with E-state index in [1.807, 2.05) is 0 Å². The molecule has 0 saturated heterocycles. The van der Waals surface area contributed by atoms with Crippen molar-refractivity contribution in [2.24, 2.45) is 0 Å². The molecule has 152 valence electrons. The van der Waals surface area contributed by atoms with Crippen LogP contribution in [0.3, 0.4) is 0 Å². The number of amides is 1. The normalized spacial score (nSPS) is 11.2. The van der Waals surface area contributed by atoms with Gasteiger partial charge >= 0.3 is 6.18 Å². The van der Waals surface area contributed by atoms with E-state index >= 15 is 0 Å². The van der Waals surface area contributed by atoms with E-state index < -0.39 is 17.6 Å². The minimum Gasteiger partial charge on any atom is -0.493 e. The van der Waals surface area contributed by atoms with Crippen molar-refractivity contribution in [2.75, 3.05) is 19.5 Å². The summed E-state index contributed by atoms with van der Waals surface area (Å²) in [4.78, 5) is 12.7. The highest BCUT2D eigenvalue weighted by atomic mass is 19.4. The summed E-state index contributed by atoms with van der Waals surface area (Å²) in [5.41, 5.74) is 0.732. The third kappa shape index (κ3) is 4.18. The predicted molar refractivity (Wildman–Crippen MR) is 101 cm³/mol. The van der Waals surface area contributed by atoms with Crippen LogP contribution in [-0.4, -0.2) is 30.3 Å². The zero-order chi connectivity index (χ0) is 21.2. The number of nitrogens with zero attached hydrogens (tertiary/aromatic N) is 1. The van der Waals surface area contributed by atoms with Gasteiger partial charge in [0.25, 0.3) is 5.91 Å². The Morgan fingerprint density at radius 1 is 1.07 bits per heavy atom. The highest BCUT2D eigenvalue weighted by molar-refractivity contribution is 6.06. The Morgan fingerprint density at radius 2 is 1.79 bits per heavy atom. The maximum Gasteiger partial charge on any atom is 0.416 e. The number of benzene rings is 2. The van der Waals surface area contributed by atoms with E-state index in [1.165, 1.54) is 32.4 Å². The molecule has 1 amide bonds. The molecule has 0 saturated carbocycles.